The van der Waals surface area contributed by atoms with Crippen LogP contribution in [0.5, 0.6) is 0 Å². The Kier molecular flexibility index (Phi) is 3.17. The second-order valence-electron chi connectivity index (χ2n) is 3.78. The van der Waals surface area contributed by atoms with Crippen LogP contribution < -0.4 is 5.32 Å². The first kappa shape index (κ1) is 11.4. The van der Waals surface area contributed by atoms with Gasteiger partial charge in [0.25, 0.3) is 0 Å². The Morgan fingerprint density at radius 1 is 1.62 bits per heavy atom. The highest BCUT2D eigenvalue weighted by atomic mass is 35.5. The Morgan fingerprint density at radius 2 is 2.38 bits per heavy atom. The molecule has 1 aliphatic carbocycles. The van der Waals surface area contributed by atoms with E-state index in [2.05, 4.69) is 11.4 Å². The van der Waals surface area contributed by atoms with E-state index in [0.717, 1.165) is 24.8 Å². The second-order valence-corrected chi connectivity index (χ2v) is 5.54. The molecule has 0 bridgehead atoms. The second kappa shape index (κ2) is 4.44. The number of fused-ring (bicyclic) bond motifs is 1. The van der Waals surface area contributed by atoms with Crippen molar-refractivity contribution in [3.63, 3.8) is 0 Å². The molecule has 1 amide bonds. The predicted molar refractivity (Wildman–Crippen MR) is 65.0 cm³/mol. The van der Waals surface area contributed by atoms with Gasteiger partial charge in [-0.2, -0.15) is 5.26 Å². The summed E-state index contributed by atoms with van der Waals surface area (Å²) in [7, 11) is 0. The standard InChI is InChI=1S/C11H11ClN2OS/c1-6(12)10(15)14-11-8(5-13)7-3-2-4-9(7)16-11/h6H,2-4H2,1H3,(H,14,15)/t6-/m0/s1. The van der Waals surface area contributed by atoms with E-state index in [1.54, 1.807) is 6.92 Å². The lowest BCUT2D eigenvalue weighted by molar-refractivity contribution is -0.115. The van der Waals surface area contributed by atoms with Gasteiger partial charge in [-0.3, -0.25) is 4.79 Å². The van der Waals surface area contributed by atoms with E-state index in [1.807, 2.05) is 0 Å². The van der Waals surface area contributed by atoms with Gasteiger partial charge in [0.1, 0.15) is 16.4 Å². The third kappa shape index (κ3) is 1.93. The normalized spacial score (nSPS) is 15.3. The largest absolute Gasteiger partial charge is 0.315 e. The van der Waals surface area contributed by atoms with E-state index in [-0.39, 0.29) is 5.91 Å². The summed E-state index contributed by atoms with van der Waals surface area (Å²) < 4.78 is 0. The number of carbonyl (C=O) groups is 1. The molecule has 0 unspecified atom stereocenters. The number of hydrogen-bond acceptors (Lipinski definition) is 3. The van der Waals surface area contributed by atoms with Crippen molar-refractivity contribution in [1.82, 2.24) is 0 Å². The third-order valence-electron chi connectivity index (χ3n) is 2.63. The number of aryl methyl sites for hydroxylation is 1. The van der Waals surface area contributed by atoms with E-state index in [9.17, 15) is 4.79 Å². The molecule has 1 heterocycles. The molecule has 1 aliphatic rings. The number of nitriles is 1. The average Bonchev–Trinajstić information content (AvgIpc) is 2.77. The van der Waals surface area contributed by atoms with Crippen LogP contribution in [-0.4, -0.2) is 11.3 Å². The van der Waals surface area contributed by atoms with Crippen LogP contribution in [-0.2, 0) is 17.6 Å². The molecule has 0 fully saturated rings. The molecule has 0 saturated heterocycles. The molecule has 16 heavy (non-hydrogen) atoms. The number of alkyl halides is 1. The summed E-state index contributed by atoms with van der Waals surface area (Å²) in [4.78, 5) is 12.7. The smallest absolute Gasteiger partial charge is 0.242 e. The molecule has 84 valence electrons. The number of rotatable bonds is 2. The molecule has 1 aromatic rings. The lowest BCUT2D eigenvalue weighted by Crippen LogP contribution is -2.20. The first-order valence-corrected chi connectivity index (χ1v) is 6.38. The fourth-order valence-corrected chi connectivity index (χ4v) is 3.12. The molecule has 2 rings (SSSR count). The summed E-state index contributed by atoms with van der Waals surface area (Å²) in [5, 5.41) is 11.9. The zero-order valence-corrected chi connectivity index (χ0v) is 10.4. The average molecular weight is 255 g/mol. The molecule has 1 atom stereocenters. The fourth-order valence-electron chi connectivity index (χ4n) is 1.82. The topological polar surface area (TPSA) is 52.9 Å². The predicted octanol–water partition coefficient (Wildman–Crippen LogP) is 2.67. The van der Waals surface area contributed by atoms with Crippen molar-refractivity contribution in [2.24, 2.45) is 0 Å². The molecule has 1 aromatic heterocycles. The van der Waals surface area contributed by atoms with E-state index in [0.29, 0.717) is 10.6 Å². The highest BCUT2D eigenvalue weighted by Gasteiger charge is 2.23. The minimum absolute atomic E-state index is 0.252. The molecule has 0 radical (unpaired) electrons. The lowest BCUT2D eigenvalue weighted by atomic mass is 10.1. The SMILES string of the molecule is C[C@H](Cl)C(=O)Nc1sc2c(c1C#N)CCC2. The maximum atomic E-state index is 11.5. The van der Waals surface area contributed by atoms with Gasteiger partial charge >= 0.3 is 0 Å². The zero-order valence-electron chi connectivity index (χ0n) is 8.84. The Bertz CT molecular complexity index is 473. The molecular weight excluding hydrogens is 244 g/mol. The summed E-state index contributed by atoms with van der Waals surface area (Å²) in [5.41, 5.74) is 1.74. The number of amides is 1. The Hall–Kier alpha value is -1.05. The van der Waals surface area contributed by atoms with Crippen LogP contribution in [0.15, 0.2) is 0 Å². The maximum Gasteiger partial charge on any atom is 0.242 e. The van der Waals surface area contributed by atoms with Gasteiger partial charge in [0.15, 0.2) is 0 Å². The third-order valence-corrected chi connectivity index (χ3v) is 4.04. The summed E-state index contributed by atoms with van der Waals surface area (Å²) in [6.07, 6.45) is 3.07. The first-order chi connectivity index (χ1) is 7.63. The summed E-state index contributed by atoms with van der Waals surface area (Å²) in [5.74, 6) is -0.252. The number of anilines is 1. The van der Waals surface area contributed by atoms with Crippen molar-refractivity contribution in [2.45, 2.75) is 31.6 Å². The van der Waals surface area contributed by atoms with E-state index in [4.69, 9.17) is 16.9 Å². The Labute approximate surface area is 103 Å². The molecule has 0 aromatic carbocycles. The minimum atomic E-state index is -0.580. The Balaban J connectivity index is 2.29. The van der Waals surface area contributed by atoms with Gasteiger partial charge < -0.3 is 5.32 Å². The van der Waals surface area contributed by atoms with Crippen LogP contribution in [0.4, 0.5) is 5.00 Å². The number of nitrogens with zero attached hydrogens (tertiary/aromatic N) is 1. The van der Waals surface area contributed by atoms with Crippen molar-refractivity contribution in [3.05, 3.63) is 16.0 Å². The Morgan fingerprint density at radius 3 is 3.00 bits per heavy atom. The molecule has 5 heteroatoms. The first-order valence-electron chi connectivity index (χ1n) is 5.13. The molecule has 3 nitrogen and oxygen atoms in total. The van der Waals surface area contributed by atoms with Crippen molar-refractivity contribution in [1.29, 1.82) is 5.26 Å². The van der Waals surface area contributed by atoms with E-state index < -0.39 is 5.38 Å². The van der Waals surface area contributed by atoms with E-state index in [1.165, 1.54) is 16.2 Å². The van der Waals surface area contributed by atoms with Gasteiger partial charge in [-0.25, -0.2) is 0 Å². The van der Waals surface area contributed by atoms with Crippen molar-refractivity contribution < 1.29 is 4.79 Å². The van der Waals surface area contributed by atoms with Gasteiger partial charge in [-0.15, -0.1) is 22.9 Å². The van der Waals surface area contributed by atoms with Gasteiger partial charge in [0.05, 0.1) is 5.56 Å². The number of hydrogen-bond donors (Lipinski definition) is 1. The van der Waals surface area contributed by atoms with Crippen molar-refractivity contribution in [2.75, 3.05) is 5.32 Å². The number of nitrogens with one attached hydrogen (secondary N) is 1. The molecular formula is C11H11ClN2OS. The van der Waals surface area contributed by atoms with Crippen molar-refractivity contribution in [3.8, 4) is 6.07 Å². The lowest BCUT2D eigenvalue weighted by Gasteiger charge is -2.04. The number of thiophene rings is 1. The van der Waals surface area contributed by atoms with Crippen LogP contribution in [0, 0.1) is 11.3 Å². The maximum absolute atomic E-state index is 11.5. The van der Waals surface area contributed by atoms with Crippen molar-refractivity contribution >= 4 is 33.8 Å². The summed E-state index contributed by atoms with van der Waals surface area (Å²) in [6.45, 7) is 1.62. The highest BCUT2D eigenvalue weighted by molar-refractivity contribution is 7.16. The molecule has 1 N–H and O–H groups in total. The molecule has 0 saturated carbocycles. The van der Waals surface area contributed by atoms with Gasteiger partial charge in [-0.1, -0.05) is 0 Å². The van der Waals surface area contributed by atoms with Crippen LogP contribution in [0.1, 0.15) is 29.3 Å². The van der Waals surface area contributed by atoms with Crippen LogP contribution in [0.2, 0.25) is 0 Å². The van der Waals surface area contributed by atoms with Gasteiger partial charge in [0.2, 0.25) is 5.91 Å². The quantitative estimate of drug-likeness (QED) is 0.825. The monoisotopic (exact) mass is 254 g/mol. The van der Waals surface area contributed by atoms with E-state index >= 15 is 0 Å². The van der Waals surface area contributed by atoms with Crippen LogP contribution in [0.25, 0.3) is 0 Å². The van der Waals surface area contributed by atoms with Gasteiger partial charge in [-0.05, 0) is 31.7 Å². The van der Waals surface area contributed by atoms with Crippen LogP contribution in [0.3, 0.4) is 0 Å². The molecule has 0 spiro atoms. The minimum Gasteiger partial charge on any atom is -0.315 e. The molecule has 0 aliphatic heterocycles. The summed E-state index contributed by atoms with van der Waals surface area (Å²) in [6, 6.07) is 2.17. The highest BCUT2D eigenvalue weighted by Crippen LogP contribution is 2.38. The summed E-state index contributed by atoms with van der Waals surface area (Å²) >= 11 is 7.18. The number of carbonyl (C=O) groups excluding carboxylic acids is 1. The fraction of sp³-hybridized carbons (Fsp3) is 0.455. The van der Waals surface area contributed by atoms with Crippen LogP contribution >= 0.6 is 22.9 Å². The number of halogens is 1. The van der Waals surface area contributed by atoms with Gasteiger partial charge in [0, 0.05) is 4.88 Å². The zero-order chi connectivity index (χ0) is 11.7.